The predicted molar refractivity (Wildman–Crippen MR) is 68.0 cm³/mol. The number of carbonyl (C=O) groups excluding carboxylic acids is 1. The molecule has 1 aromatic carbocycles. The second kappa shape index (κ2) is 5.53. The molecule has 0 unspecified atom stereocenters. The Morgan fingerprint density at radius 1 is 1.39 bits per heavy atom. The molecule has 1 fully saturated rings. The number of hydrazone groups is 1. The normalized spacial score (nSPS) is 14.6. The van der Waals surface area contributed by atoms with E-state index in [2.05, 4.69) is 10.5 Å². The van der Waals surface area contributed by atoms with Crippen molar-refractivity contribution in [2.75, 3.05) is 14.2 Å². The van der Waals surface area contributed by atoms with Crippen molar-refractivity contribution >= 4 is 12.1 Å². The SMILES string of the molecule is COc1ccc(OC)c(C=NNC(=O)C2CC2)c1. The zero-order valence-corrected chi connectivity index (χ0v) is 10.5. The van der Waals surface area contributed by atoms with Crippen molar-refractivity contribution in [2.45, 2.75) is 12.8 Å². The topological polar surface area (TPSA) is 59.9 Å². The summed E-state index contributed by atoms with van der Waals surface area (Å²) in [6.07, 6.45) is 3.48. The lowest BCUT2D eigenvalue weighted by atomic mass is 10.2. The van der Waals surface area contributed by atoms with Gasteiger partial charge in [-0.2, -0.15) is 5.10 Å². The number of hydrogen-bond acceptors (Lipinski definition) is 4. The lowest BCUT2D eigenvalue weighted by Crippen LogP contribution is -2.19. The Kier molecular flexibility index (Phi) is 3.82. The fraction of sp³-hybridized carbons (Fsp3) is 0.385. The van der Waals surface area contributed by atoms with Crippen LogP contribution in [0.3, 0.4) is 0 Å². The number of carbonyl (C=O) groups is 1. The van der Waals surface area contributed by atoms with Crippen LogP contribution in [0.2, 0.25) is 0 Å². The van der Waals surface area contributed by atoms with Crippen molar-refractivity contribution in [2.24, 2.45) is 11.0 Å². The maximum absolute atomic E-state index is 11.4. The monoisotopic (exact) mass is 248 g/mol. The van der Waals surface area contributed by atoms with Crippen molar-refractivity contribution in [3.63, 3.8) is 0 Å². The van der Waals surface area contributed by atoms with E-state index >= 15 is 0 Å². The van der Waals surface area contributed by atoms with Crippen molar-refractivity contribution in [3.05, 3.63) is 23.8 Å². The van der Waals surface area contributed by atoms with Gasteiger partial charge in [-0.15, -0.1) is 0 Å². The molecule has 5 nitrogen and oxygen atoms in total. The van der Waals surface area contributed by atoms with Gasteiger partial charge in [0, 0.05) is 11.5 Å². The predicted octanol–water partition coefficient (Wildman–Crippen LogP) is 1.56. The van der Waals surface area contributed by atoms with Gasteiger partial charge in [0.15, 0.2) is 0 Å². The van der Waals surface area contributed by atoms with Crippen LogP contribution in [0, 0.1) is 5.92 Å². The first-order valence-electron chi connectivity index (χ1n) is 5.79. The van der Waals surface area contributed by atoms with E-state index in [1.165, 1.54) is 0 Å². The van der Waals surface area contributed by atoms with Gasteiger partial charge in [-0.25, -0.2) is 5.43 Å². The molecule has 0 bridgehead atoms. The van der Waals surface area contributed by atoms with Crippen molar-refractivity contribution in [1.82, 2.24) is 5.43 Å². The zero-order chi connectivity index (χ0) is 13.0. The van der Waals surface area contributed by atoms with E-state index in [4.69, 9.17) is 9.47 Å². The van der Waals surface area contributed by atoms with Crippen LogP contribution in [0.4, 0.5) is 0 Å². The Morgan fingerprint density at radius 3 is 2.78 bits per heavy atom. The van der Waals surface area contributed by atoms with Gasteiger partial charge >= 0.3 is 0 Å². The number of hydrogen-bond donors (Lipinski definition) is 1. The van der Waals surface area contributed by atoms with E-state index in [0.717, 1.165) is 18.4 Å². The van der Waals surface area contributed by atoms with Crippen LogP contribution in [0.5, 0.6) is 11.5 Å². The molecule has 0 radical (unpaired) electrons. The molecule has 1 amide bonds. The lowest BCUT2D eigenvalue weighted by Gasteiger charge is -2.06. The summed E-state index contributed by atoms with van der Waals surface area (Å²) in [4.78, 5) is 11.4. The Morgan fingerprint density at radius 2 is 2.17 bits per heavy atom. The Labute approximate surface area is 106 Å². The Hall–Kier alpha value is -2.04. The highest BCUT2D eigenvalue weighted by atomic mass is 16.5. The molecular weight excluding hydrogens is 232 g/mol. The molecule has 0 saturated heterocycles. The number of methoxy groups -OCH3 is 2. The van der Waals surface area contributed by atoms with E-state index < -0.39 is 0 Å². The summed E-state index contributed by atoms with van der Waals surface area (Å²) in [6.45, 7) is 0. The van der Waals surface area contributed by atoms with E-state index in [1.807, 2.05) is 0 Å². The first-order valence-corrected chi connectivity index (χ1v) is 5.79. The molecule has 0 spiro atoms. The van der Waals surface area contributed by atoms with Gasteiger partial charge in [0.1, 0.15) is 11.5 Å². The molecule has 18 heavy (non-hydrogen) atoms. The summed E-state index contributed by atoms with van der Waals surface area (Å²) < 4.78 is 10.3. The van der Waals surface area contributed by atoms with Crippen molar-refractivity contribution in [1.29, 1.82) is 0 Å². The molecule has 5 heteroatoms. The number of rotatable bonds is 5. The number of nitrogens with zero attached hydrogens (tertiary/aromatic N) is 1. The lowest BCUT2D eigenvalue weighted by molar-refractivity contribution is -0.122. The van der Waals surface area contributed by atoms with Crippen LogP contribution in [-0.4, -0.2) is 26.3 Å². The van der Waals surface area contributed by atoms with Gasteiger partial charge in [-0.3, -0.25) is 4.79 Å². The van der Waals surface area contributed by atoms with E-state index in [9.17, 15) is 4.79 Å². The molecular formula is C13H16N2O3. The largest absolute Gasteiger partial charge is 0.497 e. The number of nitrogens with one attached hydrogen (secondary N) is 1. The highest BCUT2D eigenvalue weighted by Gasteiger charge is 2.29. The number of benzene rings is 1. The van der Waals surface area contributed by atoms with Gasteiger partial charge in [-0.05, 0) is 31.0 Å². The maximum atomic E-state index is 11.4. The summed E-state index contributed by atoms with van der Waals surface area (Å²) in [5, 5.41) is 3.93. The quantitative estimate of drug-likeness (QED) is 0.635. The number of ether oxygens (including phenoxy) is 2. The highest BCUT2D eigenvalue weighted by molar-refractivity contribution is 5.86. The van der Waals surface area contributed by atoms with E-state index in [1.54, 1.807) is 38.6 Å². The zero-order valence-electron chi connectivity index (χ0n) is 10.5. The standard InChI is InChI=1S/C13H16N2O3/c1-17-11-5-6-12(18-2)10(7-11)8-14-15-13(16)9-3-4-9/h5-9H,3-4H2,1-2H3,(H,15,16). The highest BCUT2D eigenvalue weighted by Crippen LogP contribution is 2.28. The number of amides is 1. The average molecular weight is 248 g/mol. The third-order valence-electron chi connectivity index (χ3n) is 2.76. The maximum Gasteiger partial charge on any atom is 0.243 e. The minimum absolute atomic E-state index is 0.0203. The second-order valence-electron chi connectivity index (χ2n) is 4.12. The van der Waals surface area contributed by atoms with Crippen LogP contribution in [-0.2, 0) is 4.79 Å². The molecule has 0 aromatic heterocycles. The third kappa shape index (κ3) is 3.00. The molecule has 1 aliphatic rings. The van der Waals surface area contributed by atoms with Crippen molar-refractivity contribution in [3.8, 4) is 11.5 Å². The molecule has 1 aliphatic carbocycles. The van der Waals surface area contributed by atoms with Crippen LogP contribution in [0.25, 0.3) is 0 Å². The second-order valence-corrected chi connectivity index (χ2v) is 4.12. The van der Waals surface area contributed by atoms with Gasteiger partial charge in [0.2, 0.25) is 5.91 Å². The summed E-state index contributed by atoms with van der Waals surface area (Å²) in [5.74, 6) is 1.52. The van der Waals surface area contributed by atoms with Crippen LogP contribution in [0.15, 0.2) is 23.3 Å². The Balaban J connectivity index is 2.05. The minimum atomic E-state index is -0.0203. The van der Waals surface area contributed by atoms with Gasteiger partial charge < -0.3 is 9.47 Å². The van der Waals surface area contributed by atoms with Gasteiger partial charge in [-0.1, -0.05) is 0 Å². The summed E-state index contributed by atoms with van der Waals surface area (Å²) >= 11 is 0. The van der Waals surface area contributed by atoms with Crippen LogP contribution in [0.1, 0.15) is 18.4 Å². The minimum Gasteiger partial charge on any atom is -0.497 e. The van der Waals surface area contributed by atoms with E-state index in [0.29, 0.717) is 11.5 Å². The Bertz CT molecular complexity index is 467. The fourth-order valence-corrected chi connectivity index (χ4v) is 1.54. The average Bonchev–Trinajstić information content (AvgIpc) is 3.22. The smallest absolute Gasteiger partial charge is 0.243 e. The molecule has 96 valence electrons. The molecule has 0 heterocycles. The van der Waals surface area contributed by atoms with Gasteiger partial charge in [0.25, 0.3) is 0 Å². The first-order chi connectivity index (χ1) is 8.74. The van der Waals surface area contributed by atoms with Crippen LogP contribution >= 0.6 is 0 Å². The molecule has 1 saturated carbocycles. The molecule has 1 aromatic rings. The van der Waals surface area contributed by atoms with Crippen molar-refractivity contribution < 1.29 is 14.3 Å². The third-order valence-corrected chi connectivity index (χ3v) is 2.76. The fourth-order valence-electron chi connectivity index (χ4n) is 1.54. The van der Waals surface area contributed by atoms with E-state index in [-0.39, 0.29) is 11.8 Å². The molecule has 2 rings (SSSR count). The summed E-state index contributed by atoms with van der Waals surface area (Å²) in [5.41, 5.74) is 3.27. The van der Waals surface area contributed by atoms with Gasteiger partial charge in [0.05, 0.1) is 20.4 Å². The summed E-state index contributed by atoms with van der Waals surface area (Å²) in [7, 11) is 3.18. The summed E-state index contributed by atoms with van der Waals surface area (Å²) in [6, 6.07) is 5.40. The first kappa shape index (κ1) is 12.4. The van der Waals surface area contributed by atoms with Crippen LogP contribution < -0.4 is 14.9 Å². The molecule has 0 aliphatic heterocycles. The molecule has 1 N–H and O–H groups in total. The molecule has 0 atom stereocenters.